The molecule has 0 aliphatic heterocycles. The summed E-state index contributed by atoms with van der Waals surface area (Å²) >= 11 is 0. The van der Waals surface area contributed by atoms with Gasteiger partial charge in [0.15, 0.2) is 0 Å². The van der Waals surface area contributed by atoms with Crippen molar-refractivity contribution < 1.29 is 81.9 Å². The molecule has 74 valence electrons. The van der Waals surface area contributed by atoms with Crippen LogP contribution < -0.4 is 56.8 Å². The summed E-state index contributed by atoms with van der Waals surface area (Å²) in [5, 5.41) is 0. The van der Waals surface area contributed by atoms with E-state index in [1.807, 2.05) is 0 Å². The molecule has 9 heteroatoms. The van der Waals surface area contributed by atoms with E-state index in [1.54, 1.807) is 0 Å². The fourth-order valence-corrected chi connectivity index (χ4v) is 0.671. The van der Waals surface area contributed by atoms with Gasteiger partial charge in [-0.25, -0.2) is 0 Å². The smallest absolute Gasteiger partial charge is 0.463 e. The van der Waals surface area contributed by atoms with Crippen LogP contribution in [0.1, 0.15) is 5.76 Å². The first-order chi connectivity index (χ1) is 5.71. The van der Waals surface area contributed by atoms with Gasteiger partial charge in [0, 0.05) is 0 Å². The van der Waals surface area contributed by atoms with Crippen LogP contribution >= 0.6 is 0 Å². The van der Waals surface area contributed by atoms with E-state index in [9.17, 15) is 26.1 Å². The molecule has 0 N–H and O–H groups in total. The van der Waals surface area contributed by atoms with Crippen molar-refractivity contribution in [1.29, 1.82) is 0 Å². The van der Waals surface area contributed by atoms with Gasteiger partial charge in [-0.1, -0.05) is 5.46 Å². The van der Waals surface area contributed by atoms with Gasteiger partial charge in [0.1, 0.15) is 0 Å². The standard InChI is InChI=1S/C5H2BF6O.K/c7-5(8,9)4-1-3(2-13-4)6(10,11)12;/h1-2H;/q-1;+1. The second-order valence-corrected chi connectivity index (χ2v) is 2.32. The van der Waals surface area contributed by atoms with E-state index in [1.165, 1.54) is 0 Å². The Balaban J connectivity index is 0.00000169. The van der Waals surface area contributed by atoms with Crippen LogP contribution in [-0.2, 0) is 6.18 Å². The molecule has 0 aliphatic rings. The largest absolute Gasteiger partial charge is 1.00 e. The Morgan fingerprint density at radius 3 is 1.86 bits per heavy atom. The minimum atomic E-state index is -5.43. The van der Waals surface area contributed by atoms with E-state index in [0.29, 0.717) is 0 Å². The summed E-state index contributed by atoms with van der Waals surface area (Å²) < 4.78 is 74.4. The molecule has 0 amide bonds. The topological polar surface area (TPSA) is 13.1 Å². The van der Waals surface area contributed by atoms with E-state index < -0.39 is 24.4 Å². The molecule has 0 aromatic carbocycles. The first kappa shape index (κ1) is 14.6. The summed E-state index contributed by atoms with van der Waals surface area (Å²) in [7, 11) is 0. The molecule has 0 unspecified atom stereocenters. The maximum Gasteiger partial charge on any atom is 1.00 e. The van der Waals surface area contributed by atoms with Gasteiger partial charge in [-0.15, -0.1) is 0 Å². The van der Waals surface area contributed by atoms with Crippen LogP contribution in [0.5, 0.6) is 0 Å². The van der Waals surface area contributed by atoms with E-state index in [0.717, 1.165) is 0 Å². The molecule has 0 bridgehead atoms. The second-order valence-electron chi connectivity index (χ2n) is 2.32. The molecule has 0 fully saturated rings. The molecule has 0 atom stereocenters. The Kier molecular flexibility index (Phi) is 4.79. The molecule has 1 rings (SSSR count). The number of hydrogen-bond donors (Lipinski definition) is 0. The van der Waals surface area contributed by atoms with Crippen molar-refractivity contribution in [1.82, 2.24) is 0 Å². The van der Waals surface area contributed by atoms with Crippen LogP contribution in [0.3, 0.4) is 0 Å². The van der Waals surface area contributed by atoms with Gasteiger partial charge in [-0.05, 0) is 6.07 Å². The average molecular weight is 242 g/mol. The maximum absolute atomic E-state index is 11.8. The van der Waals surface area contributed by atoms with Gasteiger partial charge in [-0.3, -0.25) is 0 Å². The predicted molar refractivity (Wildman–Crippen MR) is 32.4 cm³/mol. The molecule has 1 nitrogen and oxygen atoms in total. The van der Waals surface area contributed by atoms with Gasteiger partial charge in [0.05, 0.1) is 6.26 Å². The van der Waals surface area contributed by atoms with Crippen molar-refractivity contribution in [3.8, 4) is 0 Å². The number of halogens is 6. The maximum atomic E-state index is 11.8. The third-order valence-electron chi connectivity index (χ3n) is 1.28. The zero-order chi connectivity index (χ0) is 10.3. The molecule has 1 aromatic heterocycles. The Labute approximate surface area is 117 Å². The van der Waals surface area contributed by atoms with E-state index in [4.69, 9.17) is 0 Å². The summed E-state index contributed by atoms with van der Waals surface area (Å²) in [4.78, 5) is 0. The molecule has 0 saturated carbocycles. The zero-order valence-electron chi connectivity index (χ0n) is 6.91. The van der Waals surface area contributed by atoms with E-state index >= 15 is 0 Å². The van der Waals surface area contributed by atoms with Crippen LogP contribution in [0, 0.1) is 0 Å². The number of rotatable bonds is 1. The minimum Gasteiger partial charge on any atom is -0.463 e. The molecule has 14 heavy (non-hydrogen) atoms. The van der Waals surface area contributed by atoms with Crippen molar-refractivity contribution in [2.24, 2.45) is 0 Å². The number of alkyl halides is 3. The first-order valence-electron chi connectivity index (χ1n) is 3.07. The summed E-state index contributed by atoms with van der Waals surface area (Å²) in [6, 6.07) is -0.0556. The third kappa shape index (κ3) is 3.61. The molecule has 1 heterocycles. The van der Waals surface area contributed by atoms with Crippen LogP contribution in [-0.4, -0.2) is 6.98 Å². The molecule has 1 aromatic rings. The van der Waals surface area contributed by atoms with E-state index in [-0.39, 0.29) is 63.7 Å². The van der Waals surface area contributed by atoms with Gasteiger partial charge in [0.25, 0.3) is 0 Å². The Hall–Kier alpha value is 0.561. The number of furan rings is 1. The first-order valence-corrected chi connectivity index (χ1v) is 3.07. The van der Waals surface area contributed by atoms with Gasteiger partial charge < -0.3 is 17.4 Å². The quantitative estimate of drug-likeness (QED) is 0.471. The van der Waals surface area contributed by atoms with Crippen LogP contribution in [0.2, 0.25) is 0 Å². The zero-order valence-corrected chi connectivity index (χ0v) is 10.0. The Morgan fingerprint density at radius 1 is 1.14 bits per heavy atom. The fraction of sp³-hybridized carbons (Fsp3) is 0.200. The summed E-state index contributed by atoms with van der Waals surface area (Å²) in [6.45, 7) is -5.43. The number of hydrogen-bond acceptors (Lipinski definition) is 1. The summed E-state index contributed by atoms with van der Waals surface area (Å²) in [5.74, 6) is -1.64. The molecule has 0 spiro atoms. The van der Waals surface area contributed by atoms with Crippen LogP contribution in [0.25, 0.3) is 0 Å². The van der Waals surface area contributed by atoms with Crippen LogP contribution in [0.15, 0.2) is 16.7 Å². The third-order valence-corrected chi connectivity index (χ3v) is 1.28. The van der Waals surface area contributed by atoms with Crippen molar-refractivity contribution in [3.63, 3.8) is 0 Å². The molecular formula is C5H2BF6KO. The fourth-order valence-electron chi connectivity index (χ4n) is 0.671. The predicted octanol–water partition coefficient (Wildman–Crippen LogP) is -0.643. The van der Waals surface area contributed by atoms with Gasteiger partial charge >= 0.3 is 64.5 Å². The van der Waals surface area contributed by atoms with Crippen molar-refractivity contribution in [2.45, 2.75) is 6.18 Å². The van der Waals surface area contributed by atoms with Crippen molar-refractivity contribution in [3.05, 3.63) is 18.1 Å². The minimum absolute atomic E-state index is 0. The summed E-state index contributed by atoms with van der Waals surface area (Å²) in [6.07, 6.45) is -4.82. The monoisotopic (exact) mass is 242 g/mol. The SMILES string of the molecule is F[B-](F)(F)c1coc(C(F)(F)F)c1.[K+]. The average Bonchev–Trinajstić information content (AvgIpc) is 2.28. The molecular weight excluding hydrogens is 240 g/mol. The normalized spacial score (nSPS) is 12.4. The van der Waals surface area contributed by atoms with Crippen molar-refractivity contribution >= 4 is 12.4 Å². The van der Waals surface area contributed by atoms with Crippen LogP contribution in [0.4, 0.5) is 26.1 Å². The Bertz CT molecular complexity index is 273. The van der Waals surface area contributed by atoms with Crippen molar-refractivity contribution in [2.75, 3.05) is 0 Å². The second kappa shape index (κ2) is 4.60. The molecule has 0 aliphatic carbocycles. The molecule has 0 radical (unpaired) electrons. The van der Waals surface area contributed by atoms with Gasteiger partial charge in [-0.2, -0.15) is 13.2 Å². The summed E-state index contributed by atoms with van der Waals surface area (Å²) in [5.41, 5.74) is -1.38. The Morgan fingerprint density at radius 2 is 1.64 bits per heavy atom. The van der Waals surface area contributed by atoms with Gasteiger partial charge in [0.2, 0.25) is 5.76 Å². The van der Waals surface area contributed by atoms with E-state index in [2.05, 4.69) is 4.42 Å². The molecule has 0 saturated heterocycles.